The standard InChI is InChI=1S/C9H15N3O2/c1-9(2,13-3)8-11-7(14-12-8)6-4-10-5-6/h6,10H,4-5H2,1-3H3. The van der Waals surface area contributed by atoms with Crippen LogP contribution in [0.1, 0.15) is 31.5 Å². The lowest BCUT2D eigenvalue weighted by Crippen LogP contribution is -2.40. The third kappa shape index (κ3) is 1.53. The van der Waals surface area contributed by atoms with Gasteiger partial charge in [0.15, 0.2) is 0 Å². The van der Waals surface area contributed by atoms with Gasteiger partial charge in [0, 0.05) is 20.2 Å². The highest BCUT2D eigenvalue weighted by atomic mass is 16.5. The summed E-state index contributed by atoms with van der Waals surface area (Å²) < 4.78 is 10.4. The molecule has 2 heterocycles. The van der Waals surface area contributed by atoms with Crippen LogP contribution in [-0.4, -0.2) is 30.3 Å². The van der Waals surface area contributed by atoms with Crippen LogP contribution < -0.4 is 5.32 Å². The van der Waals surface area contributed by atoms with Crippen LogP contribution in [0.3, 0.4) is 0 Å². The first-order chi connectivity index (χ1) is 6.63. The Labute approximate surface area is 82.8 Å². The Bertz CT molecular complexity index is 318. The molecule has 0 unspecified atom stereocenters. The Morgan fingerprint density at radius 1 is 1.50 bits per heavy atom. The average Bonchev–Trinajstić information content (AvgIpc) is 2.51. The average molecular weight is 197 g/mol. The van der Waals surface area contributed by atoms with E-state index in [0.717, 1.165) is 13.1 Å². The van der Waals surface area contributed by atoms with Crippen LogP contribution in [0.4, 0.5) is 0 Å². The molecule has 14 heavy (non-hydrogen) atoms. The maximum Gasteiger partial charge on any atom is 0.232 e. The van der Waals surface area contributed by atoms with Gasteiger partial charge in [0.1, 0.15) is 5.60 Å². The van der Waals surface area contributed by atoms with Crippen molar-refractivity contribution in [3.63, 3.8) is 0 Å². The lowest BCUT2D eigenvalue weighted by atomic mass is 10.0. The van der Waals surface area contributed by atoms with Crippen LogP contribution in [0.25, 0.3) is 0 Å². The summed E-state index contributed by atoms with van der Waals surface area (Å²) in [5.41, 5.74) is -0.473. The van der Waals surface area contributed by atoms with Gasteiger partial charge < -0.3 is 14.6 Å². The van der Waals surface area contributed by atoms with Crippen LogP contribution >= 0.6 is 0 Å². The summed E-state index contributed by atoms with van der Waals surface area (Å²) in [6.07, 6.45) is 0. The Morgan fingerprint density at radius 2 is 2.21 bits per heavy atom. The van der Waals surface area contributed by atoms with Crippen molar-refractivity contribution in [1.82, 2.24) is 15.5 Å². The highest BCUT2D eigenvalue weighted by Crippen LogP contribution is 2.24. The molecular weight excluding hydrogens is 182 g/mol. The summed E-state index contributed by atoms with van der Waals surface area (Å²) in [7, 11) is 1.64. The molecule has 78 valence electrons. The number of hydrogen-bond acceptors (Lipinski definition) is 5. The smallest absolute Gasteiger partial charge is 0.232 e. The molecule has 0 aromatic carbocycles. The summed E-state index contributed by atoms with van der Waals surface area (Å²) in [5, 5.41) is 7.09. The topological polar surface area (TPSA) is 60.2 Å². The van der Waals surface area contributed by atoms with Gasteiger partial charge >= 0.3 is 0 Å². The van der Waals surface area contributed by atoms with Crippen LogP contribution in [0.5, 0.6) is 0 Å². The van der Waals surface area contributed by atoms with Crippen molar-refractivity contribution in [3.05, 3.63) is 11.7 Å². The second kappa shape index (κ2) is 3.33. The zero-order chi connectivity index (χ0) is 10.2. The summed E-state index contributed by atoms with van der Waals surface area (Å²) in [6, 6.07) is 0. The fourth-order valence-electron chi connectivity index (χ4n) is 1.20. The molecule has 0 aliphatic carbocycles. The SMILES string of the molecule is COC(C)(C)c1noc(C2CNC2)n1. The molecule has 1 aliphatic rings. The van der Waals surface area contributed by atoms with Crippen LogP contribution in [0.15, 0.2) is 4.52 Å². The molecule has 0 spiro atoms. The molecule has 0 amide bonds. The van der Waals surface area contributed by atoms with Crippen molar-refractivity contribution >= 4 is 0 Å². The molecule has 0 radical (unpaired) electrons. The summed E-state index contributed by atoms with van der Waals surface area (Å²) in [5.74, 6) is 1.70. The number of rotatable bonds is 3. The molecule has 1 aromatic rings. The van der Waals surface area contributed by atoms with Gasteiger partial charge in [-0.2, -0.15) is 4.98 Å². The van der Waals surface area contributed by atoms with E-state index >= 15 is 0 Å². The zero-order valence-corrected chi connectivity index (χ0v) is 8.70. The first-order valence-corrected chi connectivity index (χ1v) is 4.73. The Balaban J connectivity index is 2.16. The van der Waals surface area contributed by atoms with Crippen molar-refractivity contribution in [3.8, 4) is 0 Å². The second-order valence-corrected chi connectivity index (χ2v) is 4.03. The van der Waals surface area contributed by atoms with E-state index in [1.807, 2.05) is 13.8 Å². The fourth-order valence-corrected chi connectivity index (χ4v) is 1.20. The Kier molecular flexibility index (Phi) is 2.28. The van der Waals surface area contributed by atoms with E-state index in [0.29, 0.717) is 17.6 Å². The highest BCUT2D eigenvalue weighted by molar-refractivity contribution is 5.04. The van der Waals surface area contributed by atoms with E-state index in [4.69, 9.17) is 9.26 Å². The van der Waals surface area contributed by atoms with Gasteiger partial charge in [0.25, 0.3) is 0 Å². The zero-order valence-electron chi connectivity index (χ0n) is 8.70. The molecule has 1 aliphatic heterocycles. The molecule has 1 N–H and O–H groups in total. The lowest BCUT2D eigenvalue weighted by molar-refractivity contribution is 0.00973. The number of nitrogens with zero attached hydrogens (tertiary/aromatic N) is 2. The molecule has 5 heteroatoms. The van der Waals surface area contributed by atoms with Gasteiger partial charge in [-0.25, -0.2) is 0 Å². The Morgan fingerprint density at radius 3 is 2.71 bits per heavy atom. The third-order valence-corrected chi connectivity index (χ3v) is 2.62. The van der Waals surface area contributed by atoms with Gasteiger partial charge in [-0.3, -0.25) is 0 Å². The number of nitrogens with one attached hydrogen (secondary N) is 1. The Hall–Kier alpha value is -0.940. The number of ether oxygens (including phenoxy) is 1. The van der Waals surface area contributed by atoms with E-state index < -0.39 is 5.60 Å². The van der Waals surface area contributed by atoms with Gasteiger partial charge in [-0.1, -0.05) is 5.16 Å². The van der Waals surface area contributed by atoms with Crippen LogP contribution in [-0.2, 0) is 10.3 Å². The van der Waals surface area contributed by atoms with Crippen LogP contribution in [0.2, 0.25) is 0 Å². The molecule has 2 rings (SSSR count). The highest BCUT2D eigenvalue weighted by Gasteiger charge is 2.30. The molecule has 1 aromatic heterocycles. The predicted molar refractivity (Wildman–Crippen MR) is 49.9 cm³/mol. The second-order valence-electron chi connectivity index (χ2n) is 4.03. The van der Waals surface area contributed by atoms with E-state index in [2.05, 4.69) is 15.5 Å². The molecule has 1 fully saturated rings. The van der Waals surface area contributed by atoms with E-state index in [1.165, 1.54) is 0 Å². The molecular formula is C9H15N3O2. The fraction of sp³-hybridized carbons (Fsp3) is 0.778. The summed E-state index contributed by atoms with van der Waals surface area (Å²) in [4.78, 5) is 4.33. The summed E-state index contributed by atoms with van der Waals surface area (Å²) in [6.45, 7) is 5.69. The monoisotopic (exact) mass is 197 g/mol. The van der Waals surface area contributed by atoms with Gasteiger partial charge in [0.05, 0.1) is 5.92 Å². The van der Waals surface area contributed by atoms with Gasteiger partial charge in [0.2, 0.25) is 11.7 Å². The van der Waals surface area contributed by atoms with E-state index in [-0.39, 0.29) is 0 Å². The molecule has 0 bridgehead atoms. The van der Waals surface area contributed by atoms with Crippen molar-refractivity contribution in [2.45, 2.75) is 25.4 Å². The van der Waals surface area contributed by atoms with Crippen molar-refractivity contribution in [2.75, 3.05) is 20.2 Å². The van der Waals surface area contributed by atoms with E-state index in [9.17, 15) is 0 Å². The quantitative estimate of drug-likeness (QED) is 0.770. The van der Waals surface area contributed by atoms with E-state index in [1.54, 1.807) is 7.11 Å². The van der Waals surface area contributed by atoms with Crippen molar-refractivity contribution < 1.29 is 9.26 Å². The minimum atomic E-state index is -0.473. The van der Waals surface area contributed by atoms with Crippen LogP contribution in [0, 0.1) is 0 Å². The molecule has 0 saturated carbocycles. The normalized spacial score (nSPS) is 18.2. The van der Waals surface area contributed by atoms with Crippen molar-refractivity contribution in [1.29, 1.82) is 0 Å². The first-order valence-electron chi connectivity index (χ1n) is 4.73. The molecule has 1 saturated heterocycles. The summed E-state index contributed by atoms with van der Waals surface area (Å²) >= 11 is 0. The largest absolute Gasteiger partial charge is 0.371 e. The maximum atomic E-state index is 5.27. The predicted octanol–water partition coefficient (Wildman–Crippen LogP) is 0.638. The van der Waals surface area contributed by atoms with Crippen molar-refractivity contribution in [2.24, 2.45) is 0 Å². The minimum Gasteiger partial charge on any atom is -0.371 e. The number of aromatic nitrogens is 2. The molecule has 5 nitrogen and oxygen atoms in total. The van der Waals surface area contributed by atoms with Gasteiger partial charge in [-0.05, 0) is 13.8 Å². The minimum absolute atomic E-state index is 0.379. The lowest BCUT2D eigenvalue weighted by Gasteiger charge is -2.23. The first kappa shape index (κ1) is 9.61. The van der Waals surface area contributed by atoms with Gasteiger partial charge in [-0.15, -0.1) is 0 Å². The number of methoxy groups -OCH3 is 1. The third-order valence-electron chi connectivity index (χ3n) is 2.62. The maximum absolute atomic E-state index is 5.27. The number of hydrogen-bond donors (Lipinski definition) is 1. The molecule has 0 atom stereocenters.